The predicted octanol–water partition coefficient (Wildman–Crippen LogP) is 1.94. The van der Waals surface area contributed by atoms with E-state index in [0.29, 0.717) is 0 Å². The summed E-state index contributed by atoms with van der Waals surface area (Å²) in [5.74, 6) is 0. The molecule has 0 saturated heterocycles. The van der Waals surface area contributed by atoms with Crippen molar-refractivity contribution in [2.45, 2.75) is 6.92 Å². The molecule has 0 bridgehead atoms. The van der Waals surface area contributed by atoms with Crippen molar-refractivity contribution >= 4 is 10.9 Å². The fraction of sp³-hybridized carbons (Fsp3) is 0.111. The van der Waals surface area contributed by atoms with Crippen LogP contribution in [0.1, 0.15) is 5.69 Å². The molecular weight excluding hydrogens is 136 g/mol. The van der Waals surface area contributed by atoms with E-state index in [2.05, 4.69) is 10.2 Å². The quantitative estimate of drug-likeness (QED) is 0.564. The van der Waals surface area contributed by atoms with Gasteiger partial charge in [-0.3, -0.25) is 0 Å². The van der Waals surface area contributed by atoms with E-state index >= 15 is 0 Å². The van der Waals surface area contributed by atoms with Gasteiger partial charge in [-0.2, -0.15) is 10.2 Å². The number of fused-ring (bicyclic) bond motifs is 1. The smallest absolute Gasteiger partial charge is 0.0929 e. The van der Waals surface area contributed by atoms with Crippen LogP contribution in [-0.4, -0.2) is 10.2 Å². The average molecular weight is 144 g/mol. The molecule has 2 rings (SSSR count). The van der Waals surface area contributed by atoms with E-state index in [4.69, 9.17) is 0 Å². The standard InChI is InChI=1S/C9H8N2/c1-7-6-8-4-2-3-5-9(8)11-10-7/h2-6H,1H3. The van der Waals surface area contributed by atoms with Crippen LogP contribution in [0, 0.1) is 6.92 Å². The van der Waals surface area contributed by atoms with Gasteiger partial charge in [0.25, 0.3) is 0 Å². The fourth-order valence-corrected chi connectivity index (χ4v) is 1.09. The highest BCUT2D eigenvalue weighted by Gasteiger charge is 1.92. The number of aryl methyl sites for hydroxylation is 1. The summed E-state index contributed by atoms with van der Waals surface area (Å²) in [5.41, 5.74) is 1.92. The van der Waals surface area contributed by atoms with Gasteiger partial charge in [0.1, 0.15) is 0 Å². The summed E-state index contributed by atoms with van der Waals surface area (Å²) >= 11 is 0. The largest absolute Gasteiger partial charge is 0.155 e. The Bertz CT molecular complexity index is 382. The predicted molar refractivity (Wildman–Crippen MR) is 44.3 cm³/mol. The number of nitrogens with zero attached hydrogens (tertiary/aromatic N) is 2. The molecule has 0 radical (unpaired) electrons. The Hall–Kier alpha value is -1.44. The molecule has 2 aromatic rings. The Morgan fingerprint density at radius 2 is 1.91 bits per heavy atom. The zero-order valence-corrected chi connectivity index (χ0v) is 6.28. The molecule has 1 heterocycles. The molecule has 1 aromatic heterocycles. The molecule has 11 heavy (non-hydrogen) atoms. The third-order valence-electron chi connectivity index (χ3n) is 1.62. The first-order valence-corrected chi connectivity index (χ1v) is 3.55. The maximum atomic E-state index is 4.03. The van der Waals surface area contributed by atoms with Crippen LogP contribution in [0.25, 0.3) is 10.9 Å². The highest BCUT2D eigenvalue weighted by atomic mass is 15.1. The molecular formula is C9H8N2. The molecule has 0 unspecified atom stereocenters. The van der Waals surface area contributed by atoms with Crippen molar-refractivity contribution in [3.8, 4) is 0 Å². The summed E-state index contributed by atoms with van der Waals surface area (Å²) < 4.78 is 0. The van der Waals surface area contributed by atoms with Crippen LogP contribution in [0.2, 0.25) is 0 Å². The molecule has 2 heteroatoms. The Balaban J connectivity index is 2.83. The van der Waals surface area contributed by atoms with Crippen molar-refractivity contribution in [3.05, 3.63) is 36.0 Å². The van der Waals surface area contributed by atoms with E-state index in [1.54, 1.807) is 0 Å². The van der Waals surface area contributed by atoms with Gasteiger partial charge in [0.15, 0.2) is 0 Å². The molecule has 54 valence electrons. The molecule has 0 N–H and O–H groups in total. The molecule has 2 nitrogen and oxygen atoms in total. The van der Waals surface area contributed by atoms with Gasteiger partial charge in [-0.1, -0.05) is 18.2 Å². The minimum Gasteiger partial charge on any atom is -0.155 e. The SMILES string of the molecule is Cc1cc2ccccc2nn1. The number of aromatic nitrogens is 2. The van der Waals surface area contributed by atoms with Crippen LogP contribution in [0.15, 0.2) is 30.3 Å². The van der Waals surface area contributed by atoms with Crippen LogP contribution in [0.5, 0.6) is 0 Å². The molecule has 0 atom stereocenters. The molecule has 1 aromatic carbocycles. The van der Waals surface area contributed by atoms with Crippen LogP contribution >= 0.6 is 0 Å². The second kappa shape index (κ2) is 2.31. The van der Waals surface area contributed by atoms with Gasteiger partial charge in [-0.15, -0.1) is 0 Å². The fourth-order valence-electron chi connectivity index (χ4n) is 1.09. The van der Waals surface area contributed by atoms with Gasteiger partial charge in [0.2, 0.25) is 0 Å². The second-order valence-corrected chi connectivity index (χ2v) is 2.54. The van der Waals surface area contributed by atoms with Crippen molar-refractivity contribution in [1.29, 1.82) is 0 Å². The molecule has 0 aliphatic rings. The minimum absolute atomic E-state index is 0.957. The average Bonchev–Trinajstić information content (AvgIpc) is 2.04. The van der Waals surface area contributed by atoms with Gasteiger partial charge in [0.05, 0.1) is 11.2 Å². The summed E-state index contributed by atoms with van der Waals surface area (Å²) in [6.45, 7) is 1.94. The Kier molecular flexibility index (Phi) is 1.32. The lowest BCUT2D eigenvalue weighted by molar-refractivity contribution is 1.02. The van der Waals surface area contributed by atoms with E-state index in [0.717, 1.165) is 16.6 Å². The molecule has 0 spiro atoms. The summed E-state index contributed by atoms with van der Waals surface area (Å²) in [7, 11) is 0. The lowest BCUT2D eigenvalue weighted by atomic mass is 10.2. The topological polar surface area (TPSA) is 25.8 Å². The zero-order chi connectivity index (χ0) is 7.68. The molecule has 0 saturated carbocycles. The Labute approximate surface area is 64.9 Å². The minimum atomic E-state index is 0.957. The third kappa shape index (κ3) is 1.07. The summed E-state index contributed by atoms with van der Waals surface area (Å²) in [5, 5.41) is 9.14. The number of benzene rings is 1. The summed E-state index contributed by atoms with van der Waals surface area (Å²) in [6.07, 6.45) is 0. The van der Waals surface area contributed by atoms with E-state index in [9.17, 15) is 0 Å². The zero-order valence-electron chi connectivity index (χ0n) is 6.28. The van der Waals surface area contributed by atoms with Gasteiger partial charge >= 0.3 is 0 Å². The summed E-state index contributed by atoms with van der Waals surface area (Å²) in [4.78, 5) is 0. The Morgan fingerprint density at radius 3 is 2.82 bits per heavy atom. The van der Waals surface area contributed by atoms with Crippen molar-refractivity contribution < 1.29 is 0 Å². The van der Waals surface area contributed by atoms with Crippen molar-refractivity contribution in [3.63, 3.8) is 0 Å². The molecule has 0 amide bonds. The first-order valence-electron chi connectivity index (χ1n) is 3.55. The highest BCUT2D eigenvalue weighted by molar-refractivity contribution is 5.77. The summed E-state index contributed by atoms with van der Waals surface area (Å²) in [6, 6.07) is 10.00. The van der Waals surface area contributed by atoms with Gasteiger partial charge in [-0.05, 0) is 19.1 Å². The van der Waals surface area contributed by atoms with Crippen LogP contribution < -0.4 is 0 Å². The van der Waals surface area contributed by atoms with Gasteiger partial charge in [0, 0.05) is 5.39 Å². The third-order valence-corrected chi connectivity index (χ3v) is 1.62. The van der Waals surface area contributed by atoms with Crippen molar-refractivity contribution in [1.82, 2.24) is 10.2 Å². The van der Waals surface area contributed by atoms with Crippen LogP contribution in [-0.2, 0) is 0 Å². The van der Waals surface area contributed by atoms with E-state index in [-0.39, 0.29) is 0 Å². The number of rotatable bonds is 0. The number of hydrogen-bond donors (Lipinski definition) is 0. The van der Waals surface area contributed by atoms with Gasteiger partial charge < -0.3 is 0 Å². The van der Waals surface area contributed by atoms with Crippen molar-refractivity contribution in [2.24, 2.45) is 0 Å². The second-order valence-electron chi connectivity index (χ2n) is 2.54. The maximum absolute atomic E-state index is 4.03. The van der Waals surface area contributed by atoms with E-state index in [1.807, 2.05) is 37.3 Å². The lowest BCUT2D eigenvalue weighted by Crippen LogP contribution is -1.85. The first kappa shape index (κ1) is 6.28. The Morgan fingerprint density at radius 1 is 1.09 bits per heavy atom. The molecule has 0 fully saturated rings. The highest BCUT2D eigenvalue weighted by Crippen LogP contribution is 2.09. The van der Waals surface area contributed by atoms with Crippen molar-refractivity contribution in [2.75, 3.05) is 0 Å². The van der Waals surface area contributed by atoms with Crippen LogP contribution in [0.4, 0.5) is 0 Å². The van der Waals surface area contributed by atoms with E-state index in [1.165, 1.54) is 0 Å². The van der Waals surface area contributed by atoms with E-state index < -0.39 is 0 Å². The monoisotopic (exact) mass is 144 g/mol. The molecule has 0 aliphatic heterocycles. The van der Waals surface area contributed by atoms with Crippen LogP contribution in [0.3, 0.4) is 0 Å². The normalized spacial score (nSPS) is 10.3. The number of hydrogen-bond acceptors (Lipinski definition) is 2. The van der Waals surface area contributed by atoms with Gasteiger partial charge in [-0.25, -0.2) is 0 Å². The first-order chi connectivity index (χ1) is 5.36. The molecule has 0 aliphatic carbocycles. The maximum Gasteiger partial charge on any atom is 0.0929 e. The lowest BCUT2D eigenvalue weighted by Gasteiger charge is -1.94.